The van der Waals surface area contributed by atoms with Gasteiger partial charge in [-0.1, -0.05) is 12.1 Å². The van der Waals surface area contributed by atoms with Crippen LogP contribution in [0.5, 0.6) is 0 Å². The average Bonchev–Trinajstić information content (AvgIpc) is 2.77. The molecular formula is C13H13N3O4. The van der Waals surface area contributed by atoms with Crippen molar-refractivity contribution in [3.8, 4) is 0 Å². The highest BCUT2D eigenvalue weighted by molar-refractivity contribution is 5.96. The van der Waals surface area contributed by atoms with E-state index in [2.05, 4.69) is 4.98 Å². The molecular weight excluding hydrogens is 262 g/mol. The normalized spacial score (nSPS) is 22.4. The molecule has 1 aliphatic rings. The number of aromatic nitrogens is 1. The van der Waals surface area contributed by atoms with Crippen molar-refractivity contribution < 1.29 is 15.1 Å². The lowest BCUT2D eigenvalue weighted by molar-refractivity contribution is -0.383. The van der Waals surface area contributed by atoms with Crippen LogP contribution >= 0.6 is 0 Å². The Hall–Kier alpha value is -2.25. The zero-order valence-electron chi connectivity index (χ0n) is 10.5. The van der Waals surface area contributed by atoms with Gasteiger partial charge in [-0.3, -0.25) is 10.1 Å². The Labute approximate surface area is 114 Å². The van der Waals surface area contributed by atoms with E-state index < -0.39 is 17.1 Å². The molecule has 1 fully saturated rings. The molecule has 0 radical (unpaired) electrons. The number of benzene rings is 1. The van der Waals surface area contributed by atoms with Crippen molar-refractivity contribution in [2.45, 2.75) is 12.2 Å². The molecule has 2 atom stereocenters. The number of hydrogen-bond donors (Lipinski definition) is 2. The number of β-amino-alcohol motifs (C(OH)–C–C–N with tert-alkyl or cyclic N) is 2. The summed E-state index contributed by atoms with van der Waals surface area (Å²) in [6, 6.07) is 6.50. The summed E-state index contributed by atoms with van der Waals surface area (Å²) in [5.74, 6) is 0. The molecule has 2 unspecified atom stereocenters. The van der Waals surface area contributed by atoms with Crippen molar-refractivity contribution in [2.75, 3.05) is 18.0 Å². The molecule has 1 aromatic carbocycles. The highest BCUT2D eigenvalue weighted by Crippen LogP contribution is 2.32. The lowest BCUT2D eigenvalue weighted by Gasteiger charge is -2.19. The number of hydrogen-bond acceptors (Lipinski definition) is 6. The van der Waals surface area contributed by atoms with Crippen molar-refractivity contribution in [2.24, 2.45) is 0 Å². The Morgan fingerprint density at radius 3 is 2.60 bits per heavy atom. The highest BCUT2D eigenvalue weighted by Gasteiger charge is 2.30. The van der Waals surface area contributed by atoms with E-state index in [-0.39, 0.29) is 5.69 Å². The molecule has 0 saturated carbocycles. The SMILES string of the molecule is O=[N+]([O-])c1cccc2c(N3CC(O)C(O)C3)ccnc12. The van der Waals surface area contributed by atoms with Crippen molar-refractivity contribution in [3.05, 3.63) is 40.6 Å². The van der Waals surface area contributed by atoms with E-state index in [0.29, 0.717) is 24.0 Å². The number of fused-ring (bicyclic) bond motifs is 1. The summed E-state index contributed by atoms with van der Waals surface area (Å²) in [6.07, 6.45) is -0.115. The third-order valence-electron chi connectivity index (χ3n) is 3.52. The maximum absolute atomic E-state index is 11.0. The second-order valence-corrected chi connectivity index (χ2v) is 4.80. The minimum atomic E-state index is -0.808. The molecule has 1 saturated heterocycles. The van der Waals surface area contributed by atoms with Gasteiger partial charge in [-0.25, -0.2) is 4.98 Å². The van der Waals surface area contributed by atoms with Crippen LogP contribution < -0.4 is 4.90 Å². The summed E-state index contributed by atoms with van der Waals surface area (Å²) in [7, 11) is 0. The zero-order chi connectivity index (χ0) is 14.3. The van der Waals surface area contributed by atoms with Crippen molar-refractivity contribution >= 4 is 22.3 Å². The molecule has 1 aromatic heterocycles. The van der Waals surface area contributed by atoms with Crippen LogP contribution in [-0.2, 0) is 0 Å². The number of nitrogens with zero attached hydrogens (tertiary/aromatic N) is 3. The molecule has 20 heavy (non-hydrogen) atoms. The molecule has 104 valence electrons. The molecule has 7 heteroatoms. The zero-order valence-corrected chi connectivity index (χ0v) is 10.5. The summed E-state index contributed by atoms with van der Waals surface area (Å²) in [5, 5.41) is 30.9. The average molecular weight is 275 g/mol. The fraction of sp³-hybridized carbons (Fsp3) is 0.308. The Morgan fingerprint density at radius 2 is 1.95 bits per heavy atom. The van der Waals surface area contributed by atoms with Gasteiger partial charge in [0.25, 0.3) is 5.69 Å². The number of nitro benzene ring substituents is 1. The summed E-state index contributed by atoms with van der Waals surface area (Å²) >= 11 is 0. The van der Waals surface area contributed by atoms with Gasteiger partial charge in [-0.05, 0) is 6.07 Å². The van der Waals surface area contributed by atoms with Gasteiger partial charge in [-0.2, -0.15) is 0 Å². The molecule has 0 aliphatic carbocycles. The number of aliphatic hydroxyl groups excluding tert-OH is 2. The van der Waals surface area contributed by atoms with E-state index in [0.717, 1.165) is 5.69 Å². The number of aliphatic hydroxyl groups is 2. The summed E-state index contributed by atoms with van der Waals surface area (Å²) in [5.41, 5.74) is 0.991. The van der Waals surface area contributed by atoms with Gasteiger partial charge in [0.2, 0.25) is 0 Å². The first-order chi connectivity index (χ1) is 9.58. The van der Waals surface area contributed by atoms with E-state index in [9.17, 15) is 20.3 Å². The van der Waals surface area contributed by atoms with Crippen LogP contribution in [0.2, 0.25) is 0 Å². The molecule has 0 spiro atoms. The molecule has 1 aliphatic heterocycles. The van der Waals surface area contributed by atoms with Crippen molar-refractivity contribution in [3.63, 3.8) is 0 Å². The first-order valence-electron chi connectivity index (χ1n) is 6.21. The van der Waals surface area contributed by atoms with E-state index in [1.807, 2.05) is 4.90 Å². The monoisotopic (exact) mass is 275 g/mol. The van der Waals surface area contributed by atoms with Crippen LogP contribution in [0.1, 0.15) is 0 Å². The Kier molecular flexibility index (Phi) is 3.00. The van der Waals surface area contributed by atoms with Gasteiger partial charge in [0.15, 0.2) is 0 Å². The van der Waals surface area contributed by atoms with Crippen LogP contribution in [0.25, 0.3) is 10.9 Å². The number of non-ortho nitro benzene ring substituents is 1. The van der Waals surface area contributed by atoms with Crippen molar-refractivity contribution in [1.82, 2.24) is 4.98 Å². The molecule has 7 nitrogen and oxygen atoms in total. The number of rotatable bonds is 2. The predicted octanol–water partition coefficient (Wildman–Crippen LogP) is 0.685. The van der Waals surface area contributed by atoms with Crippen LogP contribution in [0.15, 0.2) is 30.5 Å². The topological polar surface area (TPSA) is 99.7 Å². The molecule has 2 aromatic rings. The largest absolute Gasteiger partial charge is 0.389 e. The first kappa shape index (κ1) is 12.8. The standard InChI is InChI=1S/C13H13N3O4/c17-11-6-15(7-12(11)18)9-4-5-14-13-8(9)2-1-3-10(13)16(19)20/h1-5,11-12,17-18H,6-7H2. The minimum absolute atomic E-state index is 0.0513. The van der Waals surface area contributed by atoms with Gasteiger partial charge in [0, 0.05) is 36.4 Å². The van der Waals surface area contributed by atoms with Gasteiger partial charge in [0.05, 0.1) is 17.1 Å². The second kappa shape index (κ2) is 4.69. The van der Waals surface area contributed by atoms with Crippen molar-refractivity contribution in [1.29, 1.82) is 0 Å². The Morgan fingerprint density at radius 1 is 1.25 bits per heavy atom. The van der Waals surface area contributed by atoms with E-state index >= 15 is 0 Å². The van der Waals surface area contributed by atoms with E-state index in [1.54, 1.807) is 18.2 Å². The number of anilines is 1. The predicted molar refractivity (Wildman–Crippen MR) is 72.6 cm³/mol. The first-order valence-corrected chi connectivity index (χ1v) is 6.21. The Balaban J connectivity index is 2.13. The quantitative estimate of drug-likeness (QED) is 0.617. The molecule has 0 bridgehead atoms. The maximum Gasteiger partial charge on any atom is 0.295 e. The fourth-order valence-corrected chi connectivity index (χ4v) is 2.54. The molecule has 2 N–H and O–H groups in total. The van der Waals surface area contributed by atoms with Crippen LogP contribution in [0.3, 0.4) is 0 Å². The number of nitro groups is 1. The number of pyridine rings is 1. The summed E-state index contributed by atoms with van der Waals surface area (Å²) in [6.45, 7) is 0.589. The third kappa shape index (κ3) is 1.97. The highest BCUT2D eigenvalue weighted by atomic mass is 16.6. The lowest BCUT2D eigenvalue weighted by Crippen LogP contribution is -2.22. The van der Waals surface area contributed by atoms with E-state index in [1.165, 1.54) is 12.3 Å². The van der Waals surface area contributed by atoms with Gasteiger partial charge >= 0.3 is 0 Å². The van der Waals surface area contributed by atoms with Gasteiger partial charge in [-0.15, -0.1) is 0 Å². The third-order valence-corrected chi connectivity index (χ3v) is 3.52. The van der Waals surface area contributed by atoms with Gasteiger partial charge < -0.3 is 15.1 Å². The van der Waals surface area contributed by atoms with Crippen LogP contribution in [0.4, 0.5) is 11.4 Å². The van der Waals surface area contributed by atoms with Crippen LogP contribution in [0, 0.1) is 10.1 Å². The summed E-state index contributed by atoms with van der Waals surface area (Å²) in [4.78, 5) is 16.4. The molecule has 3 rings (SSSR count). The maximum atomic E-state index is 11.0. The molecule has 2 heterocycles. The number of para-hydroxylation sites is 1. The Bertz CT molecular complexity index is 666. The lowest BCUT2D eigenvalue weighted by atomic mass is 10.1. The molecule has 0 amide bonds. The van der Waals surface area contributed by atoms with E-state index in [4.69, 9.17) is 0 Å². The second-order valence-electron chi connectivity index (χ2n) is 4.80. The smallest absolute Gasteiger partial charge is 0.295 e. The fourth-order valence-electron chi connectivity index (χ4n) is 2.54. The summed E-state index contributed by atoms with van der Waals surface area (Å²) < 4.78 is 0. The van der Waals surface area contributed by atoms with Gasteiger partial charge in [0.1, 0.15) is 5.52 Å². The van der Waals surface area contributed by atoms with Crippen LogP contribution in [-0.4, -0.2) is 45.4 Å². The minimum Gasteiger partial charge on any atom is -0.389 e.